The number of ether oxygens (including phenoxy) is 1. The Hall–Kier alpha value is -1.71. The van der Waals surface area contributed by atoms with E-state index in [-0.39, 0.29) is 11.9 Å². The minimum absolute atomic E-state index is 0.0594. The topological polar surface area (TPSA) is 50.4 Å². The molecule has 100 valence electrons. The molecule has 0 aromatic heterocycles. The summed E-state index contributed by atoms with van der Waals surface area (Å²) in [4.78, 5) is 11.5. The second-order valence-electron chi connectivity index (χ2n) is 4.60. The third-order valence-electron chi connectivity index (χ3n) is 2.47. The Morgan fingerprint density at radius 2 is 2.11 bits per heavy atom. The molecule has 0 aliphatic heterocycles. The zero-order valence-corrected chi connectivity index (χ0v) is 11.5. The summed E-state index contributed by atoms with van der Waals surface area (Å²) in [6, 6.07) is 6.12. The molecule has 0 spiro atoms. The first-order valence-electron chi connectivity index (χ1n) is 6.21. The van der Waals surface area contributed by atoms with Gasteiger partial charge in [0.1, 0.15) is 5.75 Å². The number of carbonyl (C=O) groups excluding carboxylic acids is 1. The molecule has 0 unspecified atom stereocenters. The fourth-order valence-corrected chi connectivity index (χ4v) is 1.66. The molecule has 0 heterocycles. The number of amides is 1. The van der Waals surface area contributed by atoms with Crippen molar-refractivity contribution in [3.63, 3.8) is 0 Å². The van der Waals surface area contributed by atoms with Gasteiger partial charge in [0.25, 0.3) is 0 Å². The average molecular weight is 250 g/mol. The van der Waals surface area contributed by atoms with Crippen LogP contribution in [-0.4, -0.2) is 25.6 Å². The SMILES string of the molecule is COc1ccc(C)cc1NCCC(=O)NC(C)C. The fraction of sp³-hybridized carbons (Fsp3) is 0.500. The lowest BCUT2D eigenvalue weighted by atomic mass is 10.2. The summed E-state index contributed by atoms with van der Waals surface area (Å²) < 4.78 is 5.26. The van der Waals surface area contributed by atoms with E-state index < -0.39 is 0 Å². The molecule has 0 fully saturated rings. The normalized spacial score (nSPS) is 10.3. The predicted octanol–water partition coefficient (Wildman–Crippen LogP) is 2.33. The Kier molecular flexibility index (Phi) is 5.49. The van der Waals surface area contributed by atoms with Gasteiger partial charge >= 0.3 is 0 Å². The van der Waals surface area contributed by atoms with Crippen molar-refractivity contribution in [1.29, 1.82) is 0 Å². The summed E-state index contributed by atoms with van der Waals surface area (Å²) in [5, 5.41) is 6.08. The van der Waals surface area contributed by atoms with E-state index in [1.807, 2.05) is 39.0 Å². The number of aryl methyl sites for hydroxylation is 1. The van der Waals surface area contributed by atoms with Gasteiger partial charge in [0.2, 0.25) is 5.91 Å². The maximum absolute atomic E-state index is 11.5. The monoisotopic (exact) mass is 250 g/mol. The molecule has 0 saturated heterocycles. The van der Waals surface area contributed by atoms with Crippen LogP contribution in [-0.2, 0) is 4.79 Å². The summed E-state index contributed by atoms with van der Waals surface area (Å²) in [5.74, 6) is 0.856. The highest BCUT2D eigenvalue weighted by atomic mass is 16.5. The lowest BCUT2D eigenvalue weighted by Gasteiger charge is -2.12. The van der Waals surface area contributed by atoms with Gasteiger partial charge in [0.05, 0.1) is 12.8 Å². The van der Waals surface area contributed by atoms with E-state index in [9.17, 15) is 4.79 Å². The number of hydrogen-bond acceptors (Lipinski definition) is 3. The zero-order valence-electron chi connectivity index (χ0n) is 11.5. The lowest BCUT2D eigenvalue weighted by Crippen LogP contribution is -2.31. The van der Waals surface area contributed by atoms with Crippen LogP contribution in [0.4, 0.5) is 5.69 Å². The summed E-state index contributed by atoms with van der Waals surface area (Å²) in [6.07, 6.45) is 0.454. The number of methoxy groups -OCH3 is 1. The highest BCUT2D eigenvalue weighted by Crippen LogP contribution is 2.24. The molecule has 1 rings (SSSR count). The van der Waals surface area contributed by atoms with Crippen LogP contribution in [0.2, 0.25) is 0 Å². The molecule has 4 heteroatoms. The summed E-state index contributed by atoms with van der Waals surface area (Å²) in [7, 11) is 1.64. The summed E-state index contributed by atoms with van der Waals surface area (Å²) in [6.45, 7) is 6.53. The third-order valence-corrected chi connectivity index (χ3v) is 2.47. The Balaban J connectivity index is 2.48. The van der Waals surface area contributed by atoms with Gasteiger partial charge in [-0.3, -0.25) is 4.79 Å². The van der Waals surface area contributed by atoms with Crippen LogP contribution in [0.25, 0.3) is 0 Å². The molecule has 0 aliphatic rings. The van der Waals surface area contributed by atoms with Gasteiger partial charge in [-0.05, 0) is 38.5 Å². The minimum atomic E-state index is 0.0594. The van der Waals surface area contributed by atoms with E-state index in [2.05, 4.69) is 10.6 Å². The van der Waals surface area contributed by atoms with Crippen LogP contribution in [0, 0.1) is 6.92 Å². The van der Waals surface area contributed by atoms with Gasteiger partial charge in [-0.25, -0.2) is 0 Å². The maximum atomic E-state index is 11.5. The largest absolute Gasteiger partial charge is 0.495 e. The quantitative estimate of drug-likeness (QED) is 0.814. The van der Waals surface area contributed by atoms with E-state index >= 15 is 0 Å². The maximum Gasteiger partial charge on any atom is 0.221 e. The zero-order chi connectivity index (χ0) is 13.5. The third kappa shape index (κ3) is 4.65. The summed E-state index contributed by atoms with van der Waals surface area (Å²) in [5.41, 5.74) is 2.08. The number of rotatable bonds is 6. The molecule has 1 amide bonds. The lowest BCUT2D eigenvalue weighted by molar-refractivity contribution is -0.121. The van der Waals surface area contributed by atoms with Gasteiger partial charge in [-0.2, -0.15) is 0 Å². The molecule has 0 saturated carbocycles. The van der Waals surface area contributed by atoms with E-state index in [1.54, 1.807) is 7.11 Å². The first kappa shape index (κ1) is 14.4. The van der Waals surface area contributed by atoms with Gasteiger partial charge in [-0.15, -0.1) is 0 Å². The molecular weight excluding hydrogens is 228 g/mol. The van der Waals surface area contributed by atoms with Crippen molar-refractivity contribution in [3.05, 3.63) is 23.8 Å². The molecule has 4 nitrogen and oxygen atoms in total. The molecule has 0 bridgehead atoms. The van der Waals surface area contributed by atoms with Crippen LogP contribution in [0.5, 0.6) is 5.75 Å². The summed E-state index contributed by atoms with van der Waals surface area (Å²) >= 11 is 0. The van der Waals surface area contributed by atoms with Gasteiger partial charge < -0.3 is 15.4 Å². The van der Waals surface area contributed by atoms with Crippen molar-refractivity contribution in [1.82, 2.24) is 5.32 Å². The Morgan fingerprint density at radius 3 is 2.72 bits per heavy atom. The molecule has 0 atom stereocenters. The first-order valence-corrected chi connectivity index (χ1v) is 6.21. The van der Waals surface area contributed by atoms with Crippen molar-refractivity contribution >= 4 is 11.6 Å². The van der Waals surface area contributed by atoms with Crippen LogP contribution in [0.3, 0.4) is 0 Å². The van der Waals surface area contributed by atoms with Crippen molar-refractivity contribution in [3.8, 4) is 5.75 Å². The fourth-order valence-electron chi connectivity index (χ4n) is 1.66. The molecular formula is C14H22N2O2. The smallest absolute Gasteiger partial charge is 0.221 e. The van der Waals surface area contributed by atoms with Crippen LogP contribution in [0.1, 0.15) is 25.8 Å². The van der Waals surface area contributed by atoms with E-state index in [4.69, 9.17) is 4.74 Å². The standard InChI is InChI=1S/C14H22N2O2/c1-10(2)16-14(17)7-8-15-12-9-11(3)5-6-13(12)18-4/h5-6,9-10,15H,7-8H2,1-4H3,(H,16,17). The molecule has 0 aliphatic carbocycles. The van der Waals surface area contributed by atoms with Gasteiger partial charge in [-0.1, -0.05) is 6.07 Å². The molecule has 0 radical (unpaired) electrons. The average Bonchev–Trinajstić information content (AvgIpc) is 2.28. The second kappa shape index (κ2) is 6.89. The van der Waals surface area contributed by atoms with Crippen LogP contribution >= 0.6 is 0 Å². The van der Waals surface area contributed by atoms with Crippen molar-refractivity contribution < 1.29 is 9.53 Å². The molecule has 18 heavy (non-hydrogen) atoms. The van der Waals surface area contributed by atoms with Crippen molar-refractivity contribution in [2.45, 2.75) is 33.2 Å². The highest BCUT2D eigenvalue weighted by molar-refractivity contribution is 5.76. The van der Waals surface area contributed by atoms with Crippen LogP contribution < -0.4 is 15.4 Å². The van der Waals surface area contributed by atoms with Crippen LogP contribution in [0.15, 0.2) is 18.2 Å². The molecule has 2 N–H and O–H groups in total. The molecule has 1 aromatic carbocycles. The van der Waals surface area contributed by atoms with Crippen molar-refractivity contribution in [2.75, 3.05) is 19.0 Å². The van der Waals surface area contributed by atoms with Crippen molar-refractivity contribution in [2.24, 2.45) is 0 Å². The number of benzene rings is 1. The van der Waals surface area contributed by atoms with E-state index in [0.29, 0.717) is 13.0 Å². The van der Waals surface area contributed by atoms with E-state index in [0.717, 1.165) is 17.0 Å². The van der Waals surface area contributed by atoms with E-state index in [1.165, 1.54) is 0 Å². The van der Waals surface area contributed by atoms with Gasteiger partial charge in [0, 0.05) is 19.0 Å². The number of anilines is 1. The number of hydrogen-bond donors (Lipinski definition) is 2. The Labute approximate surface area is 109 Å². The van der Waals surface area contributed by atoms with Gasteiger partial charge in [0.15, 0.2) is 0 Å². The first-order chi connectivity index (χ1) is 8.52. The predicted molar refractivity (Wildman–Crippen MR) is 74.1 cm³/mol. The Morgan fingerprint density at radius 1 is 1.39 bits per heavy atom. The number of carbonyl (C=O) groups is 1. The Bertz CT molecular complexity index is 403. The highest BCUT2D eigenvalue weighted by Gasteiger charge is 2.05. The minimum Gasteiger partial charge on any atom is -0.495 e. The molecule has 1 aromatic rings. The number of nitrogens with one attached hydrogen (secondary N) is 2. The second-order valence-corrected chi connectivity index (χ2v) is 4.60.